The molecule has 82 valence electrons. The molecule has 2 aromatic heterocycles. The first-order valence-corrected chi connectivity index (χ1v) is 5.91. The average molecular weight is 253 g/mol. The lowest BCUT2D eigenvalue weighted by molar-refractivity contribution is 1.07. The van der Waals surface area contributed by atoms with E-state index in [9.17, 15) is 0 Å². The molecule has 2 heterocycles. The van der Waals surface area contributed by atoms with Crippen molar-refractivity contribution in [2.45, 2.75) is 10.8 Å². The molecular weight excluding hydrogens is 244 g/mol. The number of halogens is 1. The molecule has 0 fully saturated rings. The molecule has 0 aliphatic carbocycles. The number of nitrogens with two attached hydrogens (primary N) is 1. The summed E-state index contributed by atoms with van der Waals surface area (Å²) in [5, 5.41) is 1.37. The van der Waals surface area contributed by atoms with Crippen molar-refractivity contribution in [2.75, 3.05) is 5.73 Å². The molecule has 0 atom stereocenters. The van der Waals surface area contributed by atoms with Gasteiger partial charge in [0.1, 0.15) is 5.03 Å². The first-order valence-electron chi connectivity index (χ1n) is 4.55. The summed E-state index contributed by atoms with van der Waals surface area (Å²) in [4.78, 5) is 12.0. The molecule has 0 amide bonds. The lowest BCUT2D eigenvalue weighted by Gasteiger charge is -2.04. The van der Waals surface area contributed by atoms with E-state index in [1.165, 1.54) is 11.8 Å². The van der Waals surface area contributed by atoms with Crippen LogP contribution < -0.4 is 5.73 Å². The van der Waals surface area contributed by atoms with Crippen molar-refractivity contribution in [3.63, 3.8) is 0 Å². The van der Waals surface area contributed by atoms with E-state index in [0.717, 1.165) is 10.6 Å². The minimum atomic E-state index is 0.442. The van der Waals surface area contributed by atoms with Crippen molar-refractivity contribution in [3.8, 4) is 0 Å². The number of nitrogen functional groups attached to an aromatic ring is 1. The molecule has 0 aliphatic heterocycles. The maximum absolute atomic E-state index is 5.99. The molecule has 0 unspecified atom stereocenters. The van der Waals surface area contributed by atoms with Crippen LogP contribution in [0.2, 0.25) is 5.02 Å². The van der Waals surface area contributed by atoms with Crippen LogP contribution in [-0.4, -0.2) is 15.0 Å². The maximum atomic E-state index is 5.99. The van der Waals surface area contributed by atoms with E-state index >= 15 is 0 Å². The lowest BCUT2D eigenvalue weighted by Crippen LogP contribution is -1.95. The highest BCUT2D eigenvalue weighted by atomic mass is 35.5. The Hall–Kier alpha value is -1.33. The average Bonchev–Trinajstić information content (AvgIpc) is 2.30. The monoisotopic (exact) mass is 252 g/mol. The van der Waals surface area contributed by atoms with Gasteiger partial charge in [0.15, 0.2) is 5.82 Å². The minimum absolute atomic E-state index is 0.442. The highest BCUT2D eigenvalue weighted by Gasteiger charge is 2.04. The van der Waals surface area contributed by atoms with E-state index in [4.69, 9.17) is 17.3 Å². The predicted octanol–water partition coefficient (Wildman–Crippen LogP) is 2.40. The van der Waals surface area contributed by atoms with Gasteiger partial charge in [-0.05, 0) is 11.6 Å². The zero-order valence-electron chi connectivity index (χ0n) is 8.30. The van der Waals surface area contributed by atoms with Gasteiger partial charge in [0.25, 0.3) is 0 Å². The summed E-state index contributed by atoms with van der Waals surface area (Å²) in [5.74, 6) is 1.14. The summed E-state index contributed by atoms with van der Waals surface area (Å²) in [7, 11) is 0. The van der Waals surface area contributed by atoms with Gasteiger partial charge in [-0.2, -0.15) is 0 Å². The van der Waals surface area contributed by atoms with Crippen LogP contribution in [0.4, 0.5) is 5.82 Å². The zero-order chi connectivity index (χ0) is 11.4. The Bertz CT molecular complexity index is 446. The van der Waals surface area contributed by atoms with Gasteiger partial charge in [-0.25, -0.2) is 9.97 Å². The molecule has 0 aliphatic rings. The number of hydrogen-bond acceptors (Lipinski definition) is 5. The van der Waals surface area contributed by atoms with Gasteiger partial charge in [-0.15, -0.1) is 0 Å². The summed E-state index contributed by atoms with van der Waals surface area (Å²) in [6, 6.07) is 1.88. The first-order chi connectivity index (χ1) is 7.77. The molecule has 0 bridgehead atoms. The minimum Gasteiger partial charge on any atom is -0.381 e. The Morgan fingerprint density at radius 3 is 2.81 bits per heavy atom. The quantitative estimate of drug-likeness (QED) is 0.850. The fraction of sp³-hybridized carbons (Fsp3) is 0.100. The third kappa shape index (κ3) is 2.62. The van der Waals surface area contributed by atoms with Crippen LogP contribution in [0, 0.1) is 0 Å². The molecule has 0 aromatic carbocycles. The predicted molar refractivity (Wildman–Crippen MR) is 65.3 cm³/mol. The second-order valence-electron chi connectivity index (χ2n) is 3.00. The number of aromatic nitrogens is 3. The topological polar surface area (TPSA) is 64.7 Å². The molecule has 2 aromatic rings. The van der Waals surface area contributed by atoms with Crippen molar-refractivity contribution in [3.05, 3.63) is 41.4 Å². The number of thioether (sulfide) groups is 1. The van der Waals surface area contributed by atoms with E-state index in [2.05, 4.69) is 15.0 Å². The molecule has 16 heavy (non-hydrogen) atoms. The van der Waals surface area contributed by atoms with Crippen molar-refractivity contribution < 1.29 is 0 Å². The van der Waals surface area contributed by atoms with E-state index in [1.807, 2.05) is 6.07 Å². The zero-order valence-corrected chi connectivity index (χ0v) is 9.87. The molecule has 0 saturated carbocycles. The van der Waals surface area contributed by atoms with Gasteiger partial charge in [0.05, 0.1) is 5.02 Å². The van der Waals surface area contributed by atoms with Crippen molar-refractivity contribution >= 4 is 29.2 Å². The Balaban J connectivity index is 2.09. The van der Waals surface area contributed by atoms with Crippen molar-refractivity contribution in [2.24, 2.45) is 0 Å². The molecule has 0 spiro atoms. The Labute approximate surface area is 102 Å². The fourth-order valence-electron chi connectivity index (χ4n) is 1.11. The Kier molecular flexibility index (Phi) is 3.58. The van der Waals surface area contributed by atoms with Gasteiger partial charge in [0, 0.05) is 30.5 Å². The third-order valence-electron chi connectivity index (χ3n) is 1.91. The van der Waals surface area contributed by atoms with Crippen LogP contribution >= 0.6 is 23.4 Å². The summed E-state index contributed by atoms with van der Waals surface area (Å²) in [5.41, 5.74) is 6.69. The lowest BCUT2D eigenvalue weighted by atomic mass is 10.3. The van der Waals surface area contributed by atoms with Crippen LogP contribution in [0.1, 0.15) is 5.56 Å². The standard InChI is InChI=1S/C10H9ClN4S/c11-8-5-13-2-1-7(8)6-16-10-9(12)14-3-4-15-10/h1-5H,6H2,(H2,12,14). The number of anilines is 1. The molecule has 0 radical (unpaired) electrons. The normalized spacial score (nSPS) is 10.3. The summed E-state index contributed by atoms with van der Waals surface area (Å²) in [6.07, 6.45) is 6.52. The van der Waals surface area contributed by atoms with Crippen LogP contribution in [0.25, 0.3) is 0 Å². The van der Waals surface area contributed by atoms with E-state index in [0.29, 0.717) is 16.6 Å². The SMILES string of the molecule is Nc1nccnc1SCc1ccncc1Cl. The summed E-state index contributed by atoms with van der Waals surface area (Å²) >= 11 is 7.49. The van der Waals surface area contributed by atoms with Gasteiger partial charge >= 0.3 is 0 Å². The summed E-state index contributed by atoms with van der Waals surface area (Å²) < 4.78 is 0. The Morgan fingerprint density at radius 1 is 1.25 bits per heavy atom. The fourth-order valence-corrected chi connectivity index (χ4v) is 2.26. The molecule has 2 rings (SSSR count). The highest BCUT2D eigenvalue weighted by Crippen LogP contribution is 2.26. The second kappa shape index (κ2) is 5.14. The van der Waals surface area contributed by atoms with Gasteiger partial charge in [0.2, 0.25) is 0 Å². The number of hydrogen-bond donors (Lipinski definition) is 1. The molecule has 0 saturated heterocycles. The second-order valence-corrected chi connectivity index (χ2v) is 4.37. The maximum Gasteiger partial charge on any atom is 0.156 e. The van der Waals surface area contributed by atoms with Gasteiger partial charge < -0.3 is 5.73 Å². The van der Waals surface area contributed by atoms with Crippen LogP contribution in [0.3, 0.4) is 0 Å². The van der Waals surface area contributed by atoms with Gasteiger partial charge in [-0.3, -0.25) is 4.98 Å². The smallest absolute Gasteiger partial charge is 0.156 e. The Morgan fingerprint density at radius 2 is 2.06 bits per heavy atom. The van der Waals surface area contributed by atoms with Crippen molar-refractivity contribution in [1.29, 1.82) is 0 Å². The first kappa shape index (κ1) is 11.2. The number of nitrogens with zero attached hydrogens (tertiary/aromatic N) is 3. The van der Waals surface area contributed by atoms with E-state index in [1.54, 1.807) is 24.8 Å². The van der Waals surface area contributed by atoms with E-state index in [-0.39, 0.29) is 0 Å². The molecule has 2 N–H and O–H groups in total. The molecule has 6 heteroatoms. The largest absolute Gasteiger partial charge is 0.381 e. The van der Waals surface area contributed by atoms with E-state index < -0.39 is 0 Å². The third-order valence-corrected chi connectivity index (χ3v) is 3.30. The van der Waals surface area contributed by atoms with Crippen LogP contribution in [0.15, 0.2) is 35.9 Å². The number of pyridine rings is 1. The summed E-state index contributed by atoms with van der Waals surface area (Å²) in [6.45, 7) is 0. The molecule has 4 nitrogen and oxygen atoms in total. The van der Waals surface area contributed by atoms with Gasteiger partial charge in [-0.1, -0.05) is 23.4 Å². The highest BCUT2D eigenvalue weighted by molar-refractivity contribution is 7.98. The molecular formula is C10H9ClN4S. The number of rotatable bonds is 3. The van der Waals surface area contributed by atoms with Crippen LogP contribution in [0.5, 0.6) is 0 Å². The van der Waals surface area contributed by atoms with Crippen molar-refractivity contribution in [1.82, 2.24) is 15.0 Å². The van der Waals surface area contributed by atoms with Crippen LogP contribution in [-0.2, 0) is 5.75 Å².